The molecule has 2 amide bonds. The Hall–Kier alpha value is -3.28. The molecule has 1 aromatic carbocycles. The maximum atomic E-state index is 12.1. The Morgan fingerprint density at radius 1 is 0.875 bits per heavy atom. The van der Waals surface area contributed by atoms with Crippen LogP contribution in [0.3, 0.4) is 0 Å². The van der Waals surface area contributed by atoms with Crippen molar-refractivity contribution >= 4 is 22.7 Å². The van der Waals surface area contributed by atoms with Crippen LogP contribution in [0.4, 0.5) is 0 Å². The molecule has 0 aliphatic carbocycles. The molecule has 24 heavy (non-hydrogen) atoms. The summed E-state index contributed by atoms with van der Waals surface area (Å²) in [5.74, 6) is -0.488. The lowest BCUT2D eigenvalue weighted by atomic mass is 10.2. The molecule has 6 heteroatoms. The van der Waals surface area contributed by atoms with E-state index in [1.165, 1.54) is 6.20 Å². The molecule has 2 heterocycles. The number of pyridine rings is 2. The van der Waals surface area contributed by atoms with E-state index < -0.39 is 0 Å². The zero-order valence-electron chi connectivity index (χ0n) is 12.9. The van der Waals surface area contributed by atoms with Gasteiger partial charge >= 0.3 is 0 Å². The second-order valence-electron chi connectivity index (χ2n) is 5.14. The molecule has 0 bridgehead atoms. The van der Waals surface area contributed by atoms with E-state index in [0.29, 0.717) is 24.3 Å². The Bertz CT molecular complexity index is 865. The first kappa shape index (κ1) is 15.6. The predicted octanol–water partition coefficient (Wildman–Crippen LogP) is 1.79. The van der Waals surface area contributed by atoms with Crippen molar-refractivity contribution in [1.29, 1.82) is 0 Å². The Kier molecular flexibility index (Phi) is 4.76. The van der Waals surface area contributed by atoms with Gasteiger partial charge in [-0.15, -0.1) is 0 Å². The number of hydrogen-bond acceptors (Lipinski definition) is 4. The van der Waals surface area contributed by atoms with Gasteiger partial charge < -0.3 is 10.6 Å². The van der Waals surface area contributed by atoms with E-state index in [9.17, 15) is 9.59 Å². The number of amides is 2. The van der Waals surface area contributed by atoms with Crippen LogP contribution in [0.25, 0.3) is 10.9 Å². The minimum atomic E-state index is -0.267. The van der Waals surface area contributed by atoms with Crippen molar-refractivity contribution in [3.8, 4) is 0 Å². The molecular formula is C18H16N4O2. The third kappa shape index (κ3) is 3.73. The van der Waals surface area contributed by atoms with Gasteiger partial charge in [0.15, 0.2) is 0 Å². The molecule has 6 nitrogen and oxygen atoms in total. The van der Waals surface area contributed by atoms with Crippen LogP contribution in [0.1, 0.15) is 20.8 Å². The fourth-order valence-electron chi connectivity index (χ4n) is 2.23. The zero-order chi connectivity index (χ0) is 16.8. The summed E-state index contributed by atoms with van der Waals surface area (Å²) in [7, 11) is 0. The Morgan fingerprint density at radius 2 is 1.67 bits per heavy atom. The van der Waals surface area contributed by atoms with Crippen LogP contribution < -0.4 is 10.6 Å². The van der Waals surface area contributed by atoms with Gasteiger partial charge in [0.25, 0.3) is 11.8 Å². The average molecular weight is 320 g/mol. The SMILES string of the molecule is O=C(NCCNC(=O)c1ccc2ccccc2n1)c1cccnc1. The third-order valence-corrected chi connectivity index (χ3v) is 3.45. The predicted molar refractivity (Wildman–Crippen MR) is 90.6 cm³/mol. The molecule has 0 saturated heterocycles. The molecule has 0 spiro atoms. The minimum absolute atomic E-state index is 0.221. The van der Waals surface area contributed by atoms with Crippen molar-refractivity contribution in [3.63, 3.8) is 0 Å². The van der Waals surface area contributed by atoms with Crippen molar-refractivity contribution < 1.29 is 9.59 Å². The molecular weight excluding hydrogens is 304 g/mol. The van der Waals surface area contributed by atoms with E-state index in [4.69, 9.17) is 0 Å². The molecule has 2 aromatic heterocycles. The molecule has 0 atom stereocenters. The second-order valence-corrected chi connectivity index (χ2v) is 5.14. The number of para-hydroxylation sites is 1. The van der Waals surface area contributed by atoms with Crippen LogP contribution in [0.2, 0.25) is 0 Å². The molecule has 0 aliphatic rings. The largest absolute Gasteiger partial charge is 0.350 e. The van der Waals surface area contributed by atoms with E-state index in [-0.39, 0.29) is 11.8 Å². The summed E-state index contributed by atoms with van der Waals surface area (Å²) in [5.41, 5.74) is 1.61. The monoisotopic (exact) mass is 320 g/mol. The number of nitrogens with one attached hydrogen (secondary N) is 2. The average Bonchev–Trinajstić information content (AvgIpc) is 2.65. The van der Waals surface area contributed by atoms with Crippen LogP contribution in [0.5, 0.6) is 0 Å². The Balaban J connectivity index is 1.51. The normalized spacial score (nSPS) is 10.3. The molecule has 0 radical (unpaired) electrons. The van der Waals surface area contributed by atoms with Gasteiger partial charge in [-0.05, 0) is 24.3 Å². The van der Waals surface area contributed by atoms with Gasteiger partial charge in [-0.1, -0.05) is 24.3 Å². The van der Waals surface area contributed by atoms with E-state index in [2.05, 4.69) is 20.6 Å². The molecule has 0 aliphatic heterocycles. The third-order valence-electron chi connectivity index (χ3n) is 3.45. The summed E-state index contributed by atoms with van der Waals surface area (Å²) >= 11 is 0. The lowest BCUT2D eigenvalue weighted by molar-refractivity contribution is 0.0925. The number of carbonyl (C=O) groups excluding carboxylic acids is 2. The van der Waals surface area contributed by atoms with E-state index in [0.717, 1.165) is 10.9 Å². The Morgan fingerprint density at radius 3 is 2.46 bits per heavy atom. The second kappa shape index (κ2) is 7.32. The summed E-state index contributed by atoms with van der Waals surface area (Å²) in [6.45, 7) is 0.645. The van der Waals surface area contributed by atoms with Gasteiger partial charge in [-0.3, -0.25) is 14.6 Å². The van der Waals surface area contributed by atoms with E-state index in [1.54, 1.807) is 24.4 Å². The van der Waals surface area contributed by atoms with Crippen molar-refractivity contribution in [2.75, 3.05) is 13.1 Å². The van der Waals surface area contributed by atoms with Gasteiger partial charge in [0, 0.05) is 30.9 Å². The van der Waals surface area contributed by atoms with Crippen molar-refractivity contribution in [2.24, 2.45) is 0 Å². The standard InChI is InChI=1S/C18H16N4O2/c23-17(14-5-3-9-19-12-14)20-10-11-21-18(24)16-8-7-13-4-1-2-6-15(13)22-16/h1-9,12H,10-11H2,(H,20,23)(H,21,24). The summed E-state index contributed by atoms with van der Waals surface area (Å²) in [4.78, 5) is 32.2. The zero-order valence-corrected chi connectivity index (χ0v) is 12.9. The molecule has 3 aromatic rings. The summed E-state index contributed by atoms with van der Waals surface area (Å²) in [6.07, 6.45) is 3.10. The van der Waals surface area contributed by atoms with Crippen molar-refractivity contribution in [3.05, 3.63) is 72.2 Å². The number of fused-ring (bicyclic) bond motifs is 1. The topological polar surface area (TPSA) is 84.0 Å². The quantitative estimate of drug-likeness (QED) is 0.702. The first-order valence-electron chi connectivity index (χ1n) is 7.56. The van der Waals surface area contributed by atoms with Crippen molar-refractivity contribution in [2.45, 2.75) is 0 Å². The fourth-order valence-corrected chi connectivity index (χ4v) is 2.23. The van der Waals surface area contributed by atoms with Crippen LogP contribution in [0.15, 0.2) is 60.9 Å². The Labute approximate surface area is 138 Å². The van der Waals surface area contributed by atoms with Crippen LogP contribution in [-0.4, -0.2) is 34.9 Å². The maximum Gasteiger partial charge on any atom is 0.269 e. The molecule has 0 saturated carbocycles. The highest BCUT2D eigenvalue weighted by molar-refractivity contribution is 5.95. The lowest BCUT2D eigenvalue weighted by Gasteiger charge is -2.07. The highest BCUT2D eigenvalue weighted by Crippen LogP contribution is 2.11. The first-order valence-corrected chi connectivity index (χ1v) is 7.56. The summed E-state index contributed by atoms with van der Waals surface area (Å²) in [5, 5.41) is 6.44. The number of hydrogen-bond donors (Lipinski definition) is 2. The fraction of sp³-hybridized carbons (Fsp3) is 0.111. The molecule has 120 valence electrons. The highest BCUT2D eigenvalue weighted by Gasteiger charge is 2.08. The van der Waals surface area contributed by atoms with Crippen molar-refractivity contribution in [1.82, 2.24) is 20.6 Å². The van der Waals surface area contributed by atoms with Gasteiger partial charge in [-0.2, -0.15) is 0 Å². The highest BCUT2D eigenvalue weighted by atomic mass is 16.2. The van der Waals surface area contributed by atoms with Gasteiger partial charge in [-0.25, -0.2) is 4.98 Å². The molecule has 3 rings (SSSR count). The van der Waals surface area contributed by atoms with Crippen LogP contribution in [0, 0.1) is 0 Å². The molecule has 0 fully saturated rings. The number of rotatable bonds is 5. The van der Waals surface area contributed by atoms with Gasteiger partial charge in [0.1, 0.15) is 5.69 Å². The van der Waals surface area contributed by atoms with Gasteiger partial charge in [0.2, 0.25) is 0 Å². The summed E-state index contributed by atoms with van der Waals surface area (Å²) in [6, 6.07) is 14.5. The minimum Gasteiger partial charge on any atom is -0.350 e. The first-order chi connectivity index (χ1) is 11.7. The maximum absolute atomic E-state index is 12.1. The lowest BCUT2D eigenvalue weighted by Crippen LogP contribution is -2.35. The summed E-state index contributed by atoms with van der Waals surface area (Å²) < 4.78 is 0. The number of carbonyl (C=O) groups is 2. The molecule has 2 N–H and O–H groups in total. The smallest absolute Gasteiger partial charge is 0.269 e. The number of benzene rings is 1. The number of nitrogens with zero attached hydrogens (tertiary/aromatic N) is 2. The van der Waals surface area contributed by atoms with E-state index in [1.807, 2.05) is 30.3 Å². The van der Waals surface area contributed by atoms with Crippen LogP contribution in [-0.2, 0) is 0 Å². The number of aromatic nitrogens is 2. The van der Waals surface area contributed by atoms with Crippen LogP contribution >= 0.6 is 0 Å². The molecule has 0 unspecified atom stereocenters. The van der Waals surface area contributed by atoms with E-state index >= 15 is 0 Å². The van der Waals surface area contributed by atoms with Gasteiger partial charge in [0.05, 0.1) is 11.1 Å².